The summed E-state index contributed by atoms with van der Waals surface area (Å²) in [4.78, 5) is 40.7. The minimum absolute atomic E-state index is 0.0333. The van der Waals surface area contributed by atoms with Gasteiger partial charge in [-0.1, -0.05) is 0 Å². The quantitative estimate of drug-likeness (QED) is 0.802. The van der Waals surface area contributed by atoms with E-state index >= 15 is 0 Å². The molecule has 3 rings (SSSR count). The Bertz CT molecular complexity index is 898. The van der Waals surface area contributed by atoms with E-state index in [1.807, 2.05) is 0 Å². The van der Waals surface area contributed by atoms with Gasteiger partial charge in [-0.25, -0.2) is 14.6 Å². The number of hydrogen-bond donors (Lipinski definition) is 2. The molecule has 0 saturated carbocycles. The third kappa shape index (κ3) is 2.90. The van der Waals surface area contributed by atoms with E-state index < -0.39 is 18.0 Å². The van der Waals surface area contributed by atoms with E-state index in [-0.39, 0.29) is 18.7 Å². The molecule has 0 fully saturated rings. The number of carbonyl (C=O) groups excluding carboxylic acids is 2. The number of nitrogens with zero attached hydrogens (tertiary/aromatic N) is 2. The first kappa shape index (κ1) is 16.2. The van der Waals surface area contributed by atoms with Crippen molar-refractivity contribution in [3.05, 3.63) is 39.4 Å². The van der Waals surface area contributed by atoms with Gasteiger partial charge in [0.2, 0.25) is 0 Å². The second-order valence-corrected chi connectivity index (χ2v) is 6.16. The zero-order valence-corrected chi connectivity index (χ0v) is 14.0. The molecule has 8 nitrogen and oxygen atoms in total. The first-order chi connectivity index (χ1) is 11.5. The van der Waals surface area contributed by atoms with Crippen LogP contribution in [0.25, 0.3) is 10.2 Å². The van der Waals surface area contributed by atoms with Crippen molar-refractivity contribution in [2.24, 2.45) is 0 Å². The molecular formula is C15H16N4O4S. The Morgan fingerprint density at radius 1 is 1.46 bits per heavy atom. The van der Waals surface area contributed by atoms with Crippen LogP contribution in [-0.4, -0.2) is 34.2 Å². The van der Waals surface area contributed by atoms with Crippen LogP contribution in [0.1, 0.15) is 13.8 Å². The molecule has 2 amide bonds. The number of aromatic nitrogens is 2. The van der Waals surface area contributed by atoms with Crippen LogP contribution in [0.5, 0.6) is 0 Å². The lowest BCUT2D eigenvalue weighted by molar-refractivity contribution is -0.139. The maximum Gasteiger partial charge on any atom is 0.337 e. The van der Waals surface area contributed by atoms with E-state index in [0.29, 0.717) is 21.5 Å². The molecule has 1 atom stereocenters. The molecule has 1 aliphatic rings. The number of thiophene rings is 1. The molecule has 126 valence electrons. The molecule has 0 aliphatic carbocycles. The number of esters is 1. The summed E-state index contributed by atoms with van der Waals surface area (Å²) < 4.78 is 6.95. The predicted octanol–water partition coefficient (Wildman–Crippen LogP) is 0.976. The van der Waals surface area contributed by atoms with Crippen molar-refractivity contribution in [2.45, 2.75) is 26.4 Å². The number of carbonyl (C=O) groups is 2. The zero-order chi connectivity index (χ0) is 17.3. The number of hydrogen-bond acceptors (Lipinski definition) is 6. The first-order valence-corrected chi connectivity index (χ1v) is 8.29. The Balaban J connectivity index is 2.03. The normalized spacial score (nSPS) is 17.6. The predicted molar refractivity (Wildman–Crippen MR) is 88.7 cm³/mol. The summed E-state index contributed by atoms with van der Waals surface area (Å²) in [7, 11) is 0. The van der Waals surface area contributed by atoms with Gasteiger partial charge in [0, 0.05) is 0 Å². The molecule has 9 heteroatoms. The summed E-state index contributed by atoms with van der Waals surface area (Å²) in [6.07, 6.45) is 1.41. The molecule has 1 aliphatic heterocycles. The molecule has 1 unspecified atom stereocenters. The van der Waals surface area contributed by atoms with Crippen molar-refractivity contribution < 1.29 is 14.3 Å². The lowest BCUT2D eigenvalue weighted by Gasteiger charge is -2.26. The second-order valence-electron chi connectivity index (χ2n) is 5.25. The van der Waals surface area contributed by atoms with E-state index in [1.165, 1.54) is 22.2 Å². The molecule has 24 heavy (non-hydrogen) atoms. The van der Waals surface area contributed by atoms with E-state index in [1.54, 1.807) is 25.3 Å². The maximum atomic E-state index is 12.5. The lowest BCUT2D eigenvalue weighted by atomic mass is 10.0. The smallest absolute Gasteiger partial charge is 0.337 e. The summed E-state index contributed by atoms with van der Waals surface area (Å²) in [6, 6.07) is 0.828. The summed E-state index contributed by atoms with van der Waals surface area (Å²) in [6.45, 7) is 3.65. The lowest BCUT2D eigenvalue weighted by Crippen LogP contribution is -2.50. The van der Waals surface area contributed by atoms with Gasteiger partial charge in [0.15, 0.2) is 0 Å². The number of nitrogens with one attached hydrogen (secondary N) is 2. The Morgan fingerprint density at radius 2 is 2.25 bits per heavy atom. The van der Waals surface area contributed by atoms with Crippen LogP contribution in [-0.2, 0) is 16.1 Å². The molecule has 3 heterocycles. The van der Waals surface area contributed by atoms with Crippen LogP contribution in [0.4, 0.5) is 4.79 Å². The molecule has 0 saturated heterocycles. The van der Waals surface area contributed by atoms with Crippen LogP contribution < -0.4 is 16.2 Å². The second kappa shape index (κ2) is 6.44. The number of fused-ring (bicyclic) bond motifs is 1. The number of urea groups is 1. The molecule has 2 aromatic heterocycles. The number of rotatable bonds is 4. The number of allylic oxidation sites excluding steroid dienone is 1. The monoisotopic (exact) mass is 348 g/mol. The number of amides is 2. The van der Waals surface area contributed by atoms with Crippen molar-refractivity contribution in [3.63, 3.8) is 0 Å². The Labute approximate surface area is 141 Å². The molecule has 0 radical (unpaired) electrons. The number of ether oxygens (including phenoxy) is 1. The molecular weight excluding hydrogens is 332 g/mol. The SMILES string of the molecule is CCOC(=O)C1=C(Cn2cnc3ccsc3c2=O)NC(=O)NC1C. The van der Waals surface area contributed by atoms with E-state index in [9.17, 15) is 14.4 Å². The summed E-state index contributed by atoms with van der Waals surface area (Å²) >= 11 is 1.30. The highest BCUT2D eigenvalue weighted by Gasteiger charge is 2.30. The van der Waals surface area contributed by atoms with Gasteiger partial charge in [0.25, 0.3) is 5.56 Å². The van der Waals surface area contributed by atoms with Gasteiger partial charge in [-0.05, 0) is 25.3 Å². The van der Waals surface area contributed by atoms with Crippen LogP contribution in [0.2, 0.25) is 0 Å². The fourth-order valence-electron chi connectivity index (χ4n) is 2.57. The molecule has 0 aromatic carbocycles. The highest BCUT2D eigenvalue weighted by Crippen LogP contribution is 2.17. The van der Waals surface area contributed by atoms with Gasteiger partial charge in [0.1, 0.15) is 4.70 Å². The van der Waals surface area contributed by atoms with Crippen molar-refractivity contribution in [2.75, 3.05) is 6.61 Å². The average molecular weight is 348 g/mol. The van der Waals surface area contributed by atoms with E-state index in [4.69, 9.17) is 4.74 Å². The highest BCUT2D eigenvalue weighted by atomic mass is 32.1. The summed E-state index contributed by atoms with van der Waals surface area (Å²) in [5.74, 6) is -0.522. The van der Waals surface area contributed by atoms with Gasteiger partial charge >= 0.3 is 12.0 Å². The Kier molecular flexibility index (Phi) is 4.34. The van der Waals surface area contributed by atoms with Crippen molar-refractivity contribution in [1.29, 1.82) is 0 Å². The summed E-state index contributed by atoms with van der Waals surface area (Å²) in [5.41, 5.74) is 1.05. The van der Waals surface area contributed by atoms with Crippen LogP contribution in [0.15, 0.2) is 33.8 Å². The van der Waals surface area contributed by atoms with Crippen molar-refractivity contribution in [1.82, 2.24) is 20.2 Å². The van der Waals surface area contributed by atoms with Crippen LogP contribution in [0.3, 0.4) is 0 Å². The van der Waals surface area contributed by atoms with Crippen molar-refractivity contribution >= 4 is 33.6 Å². The minimum atomic E-state index is -0.522. The minimum Gasteiger partial charge on any atom is -0.463 e. The molecule has 0 spiro atoms. The third-order valence-electron chi connectivity index (χ3n) is 3.63. The fraction of sp³-hybridized carbons (Fsp3) is 0.333. The Morgan fingerprint density at radius 3 is 3.00 bits per heavy atom. The van der Waals surface area contributed by atoms with E-state index in [2.05, 4.69) is 15.6 Å². The highest BCUT2D eigenvalue weighted by molar-refractivity contribution is 7.17. The standard InChI is InChI=1S/C15H16N4O4S/c1-3-23-14(21)11-8(2)17-15(22)18-10(11)6-19-7-16-9-4-5-24-12(9)13(19)20/h4-5,7-8H,3,6H2,1-2H3,(H2,17,18,22). The van der Waals surface area contributed by atoms with Gasteiger partial charge < -0.3 is 15.4 Å². The fourth-order valence-corrected chi connectivity index (χ4v) is 3.36. The molecule has 2 aromatic rings. The Hall–Kier alpha value is -2.68. The average Bonchev–Trinajstić information content (AvgIpc) is 2.99. The van der Waals surface area contributed by atoms with Gasteiger partial charge in [0.05, 0.1) is 42.3 Å². The topological polar surface area (TPSA) is 102 Å². The largest absolute Gasteiger partial charge is 0.463 e. The van der Waals surface area contributed by atoms with Gasteiger partial charge in [-0.3, -0.25) is 9.36 Å². The van der Waals surface area contributed by atoms with E-state index in [0.717, 1.165) is 0 Å². The van der Waals surface area contributed by atoms with Crippen molar-refractivity contribution in [3.8, 4) is 0 Å². The maximum absolute atomic E-state index is 12.5. The first-order valence-electron chi connectivity index (χ1n) is 7.41. The molecule has 2 N–H and O–H groups in total. The molecule has 0 bridgehead atoms. The van der Waals surface area contributed by atoms with Gasteiger partial charge in [-0.15, -0.1) is 11.3 Å². The van der Waals surface area contributed by atoms with Crippen LogP contribution in [0, 0.1) is 0 Å². The summed E-state index contributed by atoms with van der Waals surface area (Å²) in [5, 5.41) is 7.01. The van der Waals surface area contributed by atoms with Crippen LogP contribution >= 0.6 is 11.3 Å². The van der Waals surface area contributed by atoms with Gasteiger partial charge in [-0.2, -0.15) is 0 Å². The third-order valence-corrected chi connectivity index (χ3v) is 4.52. The zero-order valence-electron chi connectivity index (χ0n) is 13.2.